The Labute approximate surface area is 236 Å². The van der Waals surface area contributed by atoms with E-state index in [0.717, 1.165) is 29.4 Å². The van der Waals surface area contributed by atoms with Crippen LogP contribution in [0.5, 0.6) is 0 Å². The highest BCUT2D eigenvalue weighted by molar-refractivity contribution is 5.92. The summed E-state index contributed by atoms with van der Waals surface area (Å²) in [5, 5.41) is 6.28. The molecule has 5 rings (SSSR count). The van der Waals surface area contributed by atoms with Crippen LogP contribution in [-0.4, -0.2) is 65.6 Å². The van der Waals surface area contributed by atoms with Gasteiger partial charge in [-0.1, -0.05) is 12.1 Å². The van der Waals surface area contributed by atoms with Crippen LogP contribution < -0.4 is 21.0 Å². The molecular weight excluding hydrogens is 535 g/mol. The SMILES string of the molecule is Cc1cccc(N2CCN(C(=O)C3(NC(=O)Cn4ccc(=O)c5ccc(C(F)(F)F)cc54)CCNCC3)CC2C)c1. The van der Waals surface area contributed by atoms with Crippen LogP contribution in [0.15, 0.2) is 59.5 Å². The third-order valence-corrected chi connectivity index (χ3v) is 8.11. The van der Waals surface area contributed by atoms with Crippen LogP contribution in [0.25, 0.3) is 10.9 Å². The van der Waals surface area contributed by atoms with Gasteiger partial charge >= 0.3 is 6.18 Å². The number of alkyl halides is 3. The molecule has 41 heavy (non-hydrogen) atoms. The Morgan fingerprint density at radius 3 is 2.51 bits per heavy atom. The number of aromatic nitrogens is 1. The second-order valence-electron chi connectivity index (χ2n) is 11.1. The van der Waals surface area contributed by atoms with Crippen molar-refractivity contribution in [2.24, 2.45) is 0 Å². The Bertz CT molecular complexity index is 1510. The van der Waals surface area contributed by atoms with Gasteiger partial charge in [-0.2, -0.15) is 13.2 Å². The van der Waals surface area contributed by atoms with Crippen LogP contribution in [-0.2, 0) is 22.3 Å². The van der Waals surface area contributed by atoms with E-state index in [2.05, 4.69) is 34.6 Å². The highest BCUT2D eigenvalue weighted by atomic mass is 19.4. The first kappa shape index (κ1) is 28.7. The fraction of sp³-hybridized carbons (Fsp3) is 0.433. The van der Waals surface area contributed by atoms with Crippen LogP contribution in [0.2, 0.25) is 0 Å². The molecule has 1 atom stereocenters. The molecule has 2 fully saturated rings. The van der Waals surface area contributed by atoms with Gasteiger partial charge in [-0.15, -0.1) is 0 Å². The molecule has 2 aliphatic heterocycles. The number of piperidine rings is 1. The summed E-state index contributed by atoms with van der Waals surface area (Å²) in [6.45, 7) is 6.53. The minimum Gasteiger partial charge on any atom is -0.365 e. The van der Waals surface area contributed by atoms with Gasteiger partial charge in [0.1, 0.15) is 12.1 Å². The van der Waals surface area contributed by atoms with E-state index in [9.17, 15) is 27.6 Å². The standard InChI is InChI=1S/C30H34F3N5O3/c1-20-4-3-5-23(16-20)38-15-14-37(18-21(38)2)28(41)29(9-11-34-12-10-29)35-27(40)19-36-13-8-26(39)24-7-6-22(17-25(24)36)30(31,32)33/h3-8,13,16-17,21,34H,9-12,14-15,18-19H2,1-2H3,(H,35,40). The number of carbonyl (C=O) groups is 2. The number of aryl methyl sites for hydroxylation is 1. The summed E-state index contributed by atoms with van der Waals surface area (Å²) < 4.78 is 41.5. The van der Waals surface area contributed by atoms with E-state index >= 15 is 0 Å². The first-order chi connectivity index (χ1) is 19.5. The van der Waals surface area contributed by atoms with Crippen LogP contribution >= 0.6 is 0 Å². The third-order valence-electron chi connectivity index (χ3n) is 8.11. The highest BCUT2D eigenvalue weighted by Crippen LogP contribution is 2.31. The largest absolute Gasteiger partial charge is 0.416 e. The van der Waals surface area contributed by atoms with Crippen molar-refractivity contribution in [1.82, 2.24) is 20.1 Å². The average Bonchev–Trinajstić information content (AvgIpc) is 2.94. The van der Waals surface area contributed by atoms with Crippen molar-refractivity contribution in [1.29, 1.82) is 0 Å². The van der Waals surface area contributed by atoms with Crippen molar-refractivity contribution in [3.8, 4) is 0 Å². The maximum atomic E-state index is 14.0. The maximum absolute atomic E-state index is 14.0. The Balaban J connectivity index is 1.35. The monoisotopic (exact) mass is 569 g/mol. The molecule has 0 radical (unpaired) electrons. The lowest BCUT2D eigenvalue weighted by Gasteiger charge is -2.46. The lowest BCUT2D eigenvalue weighted by atomic mass is 9.86. The normalized spacial score (nSPS) is 19.3. The molecule has 2 saturated heterocycles. The summed E-state index contributed by atoms with van der Waals surface area (Å²) in [5.41, 5.74) is -0.192. The van der Waals surface area contributed by atoms with E-state index in [4.69, 9.17) is 0 Å². The molecule has 2 aromatic carbocycles. The van der Waals surface area contributed by atoms with E-state index in [1.54, 1.807) is 0 Å². The molecule has 2 amide bonds. The summed E-state index contributed by atoms with van der Waals surface area (Å²) in [4.78, 5) is 43.8. The average molecular weight is 570 g/mol. The van der Waals surface area contributed by atoms with E-state index in [1.165, 1.54) is 16.8 Å². The molecule has 218 valence electrons. The van der Waals surface area contributed by atoms with Crippen molar-refractivity contribution in [3.63, 3.8) is 0 Å². The van der Waals surface area contributed by atoms with Crippen LogP contribution in [0.4, 0.5) is 18.9 Å². The Hall–Kier alpha value is -3.86. The number of halogens is 3. The van der Waals surface area contributed by atoms with Gasteiger partial charge in [0.25, 0.3) is 0 Å². The molecule has 3 heterocycles. The summed E-state index contributed by atoms with van der Waals surface area (Å²) in [6.07, 6.45) is -2.49. The van der Waals surface area contributed by atoms with Crippen LogP contribution in [0.3, 0.4) is 0 Å². The number of rotatable bonds is 5. The lowest BCUT2D eigenvalue weighted by molar-refractivity contribution is -0.144. The third kappa shape index (κ3) is 5.95. The number of nitrogens with one attached hydrogen (secondary N) is 2. The zero-order valence-electron chi connectivity index (χ0n) is 23.1. The quantitative estimate of drug-likeness (QED) is 0.493. The number of fused-ring (bicyclic) bond motifs is 1. The smallest absolute Gasteiger partial charge is 0.365 e. The van der Waals surface area contributed by atoms with E-state index < -0.39 is 28.6 Å². The summed E-state index contributed by atoms with van der Waals surface area (Å²) >= 11 is 0. The zero-order chi connectivity index (χ0) is 29.4. The topological polar surface area (TPSA) is 86.7 Å². The second kappa shape index (κ2) is 11.2. The molecule has 2 N–H and O–H groups in total. The van der Waals surface area contributed by atoms with E-state index in [0.29, 0.717) is 45.6 Å². The fourth-order valence-electron chi connectivity index (χ4n) is 5.96. The highest BCUT2D eigenvalue weighted by Gasteiger charge is 2.44. The lowest BCUT2D eigenvalue weighted by Crippen LogP contribution is -2.66. The van der Waals surface area contributed by atoms with Gasteiger partial charge in [-0.05, 0) is 75.7 Å². The summed E-state index contributed by atoms with van der Waals surface area (Å²) in [6, 6.07) is 12.4. The van der Waals surface area contributed by atoms with Gasteiger partial charge in [0.05, 0.1) is 11.1 Å². The number of hydrogen-bond acceptors (Lipinski definition) is 5. The van der Waals surface area contributed by atoms with Gasteiger partial charge in [-0.3, -0.25) is 14.4 Å². The molecule has 8 nitrogen and oxygen atoms in total. The molecule has 0 spiro atoms. The maximum Gasteiger partial charge on any atom is 0.416 e. The number of amides is 2. The van der Waals surface area contributed by atoms with Crippen molar-refractivity contribution in [3.05, 3.63) is 76.1 Å². The van der Waals surface area contributed by atoms with Gasteiger partial charge in [0, 0.05) is 49.0 Å². The number of carbonyl (C=O) groups excluding carboxylic acids is 2. The van der Waals surface area contributed by atoms with E-state index in [1.807, 2.05) is 24.0 Å². The second-order valence-corrected chi connectivity index (χ2v) is 11.1. The molecule has 2 aliphatic rings. The minimum atomic E-state index is -4.60. The van der Waals surface area contributed by atoms with Crippen molar-refractivity contribution in [2.75, 3.05) is 37.6 Å². The van der Waals surface area contributed by atoms with Gasteiger partial charge in [-0.25, -0.2) is 0 Å². The van der Waals surface area contributed by atoms with Gasteiger partial charge < -0.3 is 25.0 Å². The molecule has 0 saturated carbocycles. The fourth-order valence-corrected chi connectivity index (χ4v) is 5.96. The van der Waals surface area contributed by atoms with Crippen molar-refractivity contribution < 1.29 is 22.8 Å². The molecule has 3 aromatic rings. The zero-order valence-corrected chi connectivity index (χ0v) is 23.1. The number of piperazine rings is 1. The molecule has 11 heteroatoms. The Kier molecular flexibility index (Phi) is 7.83. The van der Waals surface area contributed by atoms with Crippen molar-refractivity contribution >= 4 is 28.4 Å². The predicted molar refractivity (Wildman–Crippen MR) is 151 cm³/mol. The summed E-state index contributed by atoms with van der Waals surface area (Å²) in [7, 11) is 0. The van der Waals surface area contributed by atoms with Crippen LogP contribution in [0.1, 0.15) is 30.9 Å². The molecular formula is C30H34F3N5O3. The van der Waals surface area contributed by atoms with Crippen LogP contribution in [0, 0.1) is 6.92 Å². The minimum absolute atomic E-state index is 0.00857. The number of pyridine rings is 1. The first-order valence-corrected chi connectivity index (χ1v) is 13.8. The number of nitrogens with zero attached hydrogens (tertiary/aromatic N) is 3. The van der Waals surface area contributed by atoms with E-state index in [-0.39, 0.29) is 29.4 Å². The number of anilines is 1. The first-order valence-electron chi connectivity index (χ1n) is 13.8. The molecule has 0 bridgehead atoms. The molecule has 1 aromatic heterocycles. The number of benzene rings is 2. The molecule has 0 aliphatic carbocycles. The van der Waals surface area contributed by atoms with Gasteiger partial charge in [0.15, 0.2) is 5.43 Å². The molecule has 1 unspecified atom stereocenters. The Morgan fingerprint density at radius 1 is 1.07 bits per heavy atom. The van der Waals surface area contributed by atoms with Crippen molar-refractivity contribution in [2.45, 2.75) is 51.0 Å². The summed E-state index contributed by atoms with van der Waals surface area (Å²) in [5.74, 6) is -0.652. The van der Waals surface area contributed by atoms with Gasteiger partial charge in [0.2, 0.25) is 11.8 Å². The predicted octanol–water partition coefficient (Wildman–Crippen LogP) is 3.30. The Morgan fingerprint density at radius 2 is 1.83 bits per heavy atom. The number of hydrogen-bond donors (Lipinski definition) is 2.